The van der Waals surface area contributed by atoms with Gasteiger partial charge in [-0.2, -0.15) is 5.26 Å². The normalized spacial score (nSPS) is 13.8. The molecule has 0 aliphatic rings. The first-order valence-electron chi connectivity index (χ1n) is 6.94. The van der Waals surface area contributed by atoms with Crippen LogP contribution in [-0.4, -0.2) is 18.2 Å². The molecule has 0 radical (unpaired) electrons. The molecule has 1 N–H and O–H groups in total. The SMILES string of the molecule is Cc1cc(F)ccc1OCCCC(C)(C#N)NC(C)C. The van der Waals surface area contributed by atoms with Crippen LogP contribution in [0.5, 0.6) is 5.75 Å². The van der Waals surface area contributed by atoms with Crippen LogP contribution >= 0.6 is 0 Å². The van der Waals surface area contributed by atoms with E-state index >= 15 is 0 Å². The van der Waals surface area contributed by atoms with Crippen molar-refractivity contribution in [2.45, 2.75) is 52.1 Å². The Morgan fingerprint density at radius 1 is 1.45 bits per heavy atom. The molecule has 0 aliphatic carbocycles. The van der Waals surface area contributed by atoms with Gasteiger partial charge in [0.25, 0.3) is 0 Å². The number of nitrogens with zero attached hydrogens (tertiary/aromatic N) is 1. The molecule has 0 saturated heterocycles. The van der Waals surface area contributed by atoms with E-state index in [9.17, 15) is 9.65 Å². The van der Waals surface area contributed by atoms with Gasteiger partial charge in [0.15, 0.2) is 0 Å². The Kier molecular flexibility index (Phi) is 5.97. The van der Waals surface area contributed by atoms with Gasteiger partial charge in [-0.1, -0.05) is 0 Å². The predicted molar refractivity (Wildman–Crippen MR) is 78.2 cm³/mol. The van der Waals surface area contributed by atoms with Gasteiger partial charge in [0.05, 0.1) is 12.7 Å². The van der Waals surface area contributed by atoms with Gasteiger partial charge in [0.1, 0.15) is 17.1 Å². The Morgan fingerprint density at radius 3 is 2.70 bits per heavy atom. The maximum atomic E-state index is 13.0. The molecule has 0 spiro atoms. The van der Waals surface area contributed by atoms with E-state index in [4.69, 9.17) is 4.74 Å². The lowest BCUT2D eigenvalue weighted by atomic mass is 9.97. The summed E-state index contributed by atoms with van der Waals surface area (Å²) in [5.74, 6) is 0.440. The highest BCUT2D eigenvalue weighted by Gasteiger charge is 2.23. The van der Waals surface area contributed by atoms with Crippen LogP contribution in [0.15, 0.2) is 18.2 Å². The van der Waals surface area contributed by atoms with Crippen LogP contribution < -0.4 is 10.1 Å². The molecule has 0 bridgehead atoms. The predicted octanol–water partition coefficient (Wildman–Crippen LogP) is 3.57. The van der Waals surface area contributed by atoms with Crippen LogP contribution in [0.3, 0.4) is 0 Å². The van der Waals surface area contributed by atoms with Crippen LogP contribution in [0, 0.1) is 24.1 Å². The Balaban J connectivity index is 2.43. The molecule has 1 aromatic carbocycles. The topological polar surface area (TPSA) is 45.0 Å². The average molecular weight is 278 g/mol. The lowest BCUT2D eigenvalue weighted by molar-refractivity contribution is 0.278. The van der Waals surface area contributed by atoms with Crippen molar-refractivity contribution in [3.8, 4) is 11.8 Å². The molecule has 0 heterocycles. The number of hydrogen-bond donors (Lipinski definition) is 1. The summed E-state index contributed by atoms with van der Waals surface area (Å²) >= 11 is 0. The van der Waals surface area contributed by atoms with Gasteiger partial charge in [-0.3, -0.25) is 5.32 Å². The van der Waals surface area contributed by atoms with Crippen molar-refractivity contribution in [2.75, 3.05) is 6.61 Å². The van der Waals surface area contributed by atoms with E-state index in [-0.39, 0.29) is 11.9 Å². The Hall–Kier alpha value is -1.60. The van der Waals surface area contributed by atoms with Gasteiger partial charge in [0, 0.05) is 6.04 Å². The zero-order chi connectivity index (χ0) is 15.2. The van der Waals surface area contributed by atoms with Crippen molar-refractivity contribution < 1.29 is 9.13 Å². The first-order chi connectivity index (χ1) is 9.36. The summed E-state index contributed by atoms with van der Waals surface area (Å²) in [7, 11) is 0. The Bertz CT molecular complexity index is 482. The van der Waals surface area contributed by atoms with E-state index < -0.39 is 5.54 Å². The largest absolute Gasteiger partial charge is 0.493 e. The monoisotopic (exact) mass is 278 g/mol. The third-order valence-corrected chi connectivity index (χ3v) is 3.07. The zero-order valence-electron chi connectivity index (χ0n) is 12.7. The van der Waals surface area contributed by atoms with Crippen molar-refractivity contribution >= 4 is 0 Å². The summed E-state index contributed by atoms with van der Waals surface area (Å²) in [5.41, 5.74) is 0.253. The molecule has 0 aromatic heterocycles. The zero-order valence-corrected chi connectivity index (χ0v) is 12.7. The number of nitrogens with one attached hydrogen (secondary N) is 1. The highest BCUT2D eigenvalue weighted by atomic mass is 19.1. The molecule has 1 rings (SSSR count). The minimum Gasteiger partial charge on any atom is -0.493 e. The van der Waals surface area contributed by atoms with Crippen LogP contribution in [0.4, 0.5) is 4.39 Å². The second-order valence-electron chi connectivity index (χ2n) is 5.60. The van der Waals surface area contributed by atoms with E-state index in [1.54, 1.807) is 6.07 Å². The molecule has 0 amide bonds. The minimum absolute atomic E-state index is 0.256. The van der Waals surface area contributed by atoms with E-state index in [0.717, 1.165) is 12.0 Å². The smallest absolute Gasteiger partial charge is 0.123 e. The van der Waals surface area contributed by atoms with Gasteiger partial charge in [0.2, 0.25) is 0 Å². The molecule has 4 heteroatoms. The molecule has 110 valence electrons. The summed E-state index contributed by atoms with van der Waals surface area (Å²) in [6.45, 7) is 8.28. The summed E-state index contributed by atoms with van der Waals surface area (Å²) < 4.78 is 18.6. The second kappa shape index (κ2) is 7.25. The standard InChI is InChI=1S/C16H23FN2O/c1-12(2)19-16(4,11-18)8-5-9-20-15-7-6-14(17)10-13(15)3/h6-7,10,12,19H,5,8-9H2,1-4H3. The van der Waals surface area contributed by atoms with Crippen LogP contribution in [-0.2, 0) is 0 Å². The molecular weight excluding hydrogens is 255 g/mol. The first-order valence-corrected chi connectivity index (χ1v) is 6.94. The second-order valence-corrected chi connectivity index (χ2v) is 5.60. The minimum atomic E-state index is -0.532. The molecule has 0 saturated carbocycles. The van der Waals surface area contributed by atoms with Crippen molar-refractivity contribution in [1.82, 2.24) is 5.32 Å². The third kappa shape index (κ3) is 5.18. The van der Waals surface area contributed by atoms with Gasteiger partial charge in [-0.15, -0.1) is 0 Å². The highest BCUT2D eigenvalue weighted by Crippen LogP contribution is 2.19. The summed E-state index contributed by atoms with van der Waals surface area (Å²) in [6.07, 6.45) is 1.47. The van der Waals surface area contributed by atoms with Gasteiger partial charge < -0.3 is 4.74 Å². The third-order valence-electron chi connectivity index (χ3n) is 3.07. The average Bonchev–Trinajstić information content (AvgIpc) is 2.36. The van der Waals surface area contributed by atoms with E-state index in [1.165, 1.54) is 12.1 Å². The van der Waals surface area contributed by atoms with E-state index in [2.05, 4.69) is 11.4 Å². The molecule has 3 nitrogen and oxygen atoms in total. The van der Waals surface area contributed by atoms with Crippen LogP contribution in [0.1, 0.15) is 39.2 Å². The lowest BCUT2D eigenvalue weighted by Crippen LogP contribution is -2.45. The molecule has 1 unspecified atom stereocenters. The number of ether oxygens (including phenoxy) is 1. The highest BCUT2D eigenvalue weighted by molar-refractivity contribution is 5.32. The van der Waals surface area contributed by atoms with Crippen molar-refractivity contribution in [1.29, 1.82) is 5.26 Å². The number of rotatable bonds is 7. The fraction of sp³-hybridized carbons (Fsp3) is 0.562. The number of aryl methyl sites for hydroxylation is 1. The number of hydrogen-bond acceptors (Lipinski definition) is 3. The van der Waals surface area contributed by atoms with Crippen LogP contribution in [0.25, 0.3) is 0 Å². The first kappa shape index (κ1) is 16.5. The maximum Gasteiger partial charge on any atom is 0.123 e. The van der Waals surface area contributed by atoms with Crippen molar-refractivity contribution in [3.63, 3.8) is 0 Å². The molecule has 20 heavy (non-hydrogen) atoms. The number of nitriles is 1. The van der Waals surface area contributed by atoms with Gasteiger partial charge in [-0.05, 0) is 64.3 Å². The van der Waals surface area contributed by atoms with E-state index in [1.807, 2.05) is 27.7 Å². The molecular formula is C16H23FN2O. The number of halogens is 1. The summed E-state index contributed by atoms with van der Waals surface area (Å²) in [5, 5.41) is 12.5. The maximum absolute atomic E-state index is 13.0. The fourth-order valence-electron chi connectivity index (χ4n) is 2.18. The van der Waals surface area contributed by atoms with Crippen LogP contribution in [0.2, 0.25) is 0 Å². The summed E-state index contributed by atoms with van der Waals surface area (Å²) in [4.78, 5) is 0. The molecule has 1 atom stereocenters. The molecule has 0 fully saturated rings. The quantitative estimate of drug-likeness (QED) is 0.775. The van der Waals surface area contributed by atoms with Gasteiger partial charge >= 0.3 is 0 Å². The Morgan fingerprint density at radius 2 is 2.15 bits per heavy atom. The molecule has 0 aliphatic heterocycles. The lowest BCUT2D eigenvalue weighted by Gasteiger charge is -2.25. The fourth-order valence-corrected chi connectivity index (χ4v) is 2.18. The summed E-state index contributed by atoms with van der Waals surface area (Å²) in [6, 6.07) is 7.06. The van der Waals surface area contributed by atoms with Gasteiger partial charge in [-0.25, -0.2) is 4.39 Å². The van der Waals surface area contributed by atoms with Crippen molar-refractivity contribution in [2.24, 2.45) is 0 Å². The Labute approximate surface area is 120 Å². The van der Waals surface area contributed by atoms with Crippen molar-refractivity contribution in [3.05, 3.63) is 29.6 Å². The molecule has 1 aromatic rings. The number of benzene rings is 1. The van der Waals surface area contributed by atoms with E-state index in [0.29, 0.717) is 18.8 Å².